The number of nitrogen functional groups attached to an aromatic ring is 1. The summed E-state index contributed by atoms with van der Waals surface area (Å²) in [6.07, 6.45) is 0. The molecule has 0 bridgehead atoms. The van der Waals surface area contributed by atoms with Gasteiger partial charge in [0.15, 0.2) is 12.4 Å². The molecule has 0 saturated carbocycles. The van der Waals surface area contributed by atoms with E-state index in [1.807, 2.05) is 43.5 Å². The van der Waals surface area contributed by atoms with Crippen molar-refractivity contribution >= 4 is 34.9 Å². The van der Waals surface area contributed by atoms with Crippen molar-refractivity contribution in [1.29, 1.82) is 0 Å². The summed E-state index contributed by atoms with van der Waals surface area (Å²) < 4.78 is 11.1. The third kappa shape index (κ3) is 6.01. The summed E-state index contributed by atoms with van der Waals surface area (Å²) in [6, 6.07) is 14.5. The van der Waals surface area contributed by atoms with Gasteiger partial charge >= 0.3 is 5.97 Å². The van der Waals surface area contributed by atoms with E-state index in [9.17, 15) is 4.79 Å². The van der Waals surface area contributed by atoms with Gasteiger partial charge < -0.3 is 20.5 Å². The molecule has 2 aromatic carbocycles. The van der Waals surface area contributed by atoms with Gasteiger partial charge in [0.2, 0.25) is 11.9 Å². The van der Waals surface area contributed by atoms with Crippen LogP contribution in [0.2, 0.25) is 0 Å². The summed E-state index contributed by atoms with van der Waals surface area (Å²) in [5, 5.41) is 6.02. The summed E-state index contributed by atoms with van der Waals surface area (Å²) in [5.41, 5.74) is 8.87. The number of thiazole rings is 1. The highest BCUT2D eigenvalue weighted by Gasteiger charge is 2.12. The molecule has 0 spiro atoms. The van der Waals surface area contributed by atoms with E-state index >= 15 is 0 Å². The molecule has 0 saturated heterocycles. The van der Waals surface area contributed by atoms with Crippen LogP contribution in [-0.2, 0) is 18.0 Å². The number of nitrogens with zero attached hydrogens (tertiary/aromatic N) is 4. The molecule has 0 aliphatic carbocycles. The monoisotopic (exact) mass is 462 g/mol. The molecular weight excluding hydrogens is 440 g/mol. The van der Waals surface area contributed by atoms with Crippen LogP contribution in [0.25, 0.3) is 0 Å². The van der Waals surface area contributed by atoms with E-state index in [0.717, 1.165) is 22.0 Å². The summed E-state index contributed by atoms with van der Waals surface area (Å²) in [5.74, 6) is 0.551. The normalized spacial score (nSPS) is 10.6. The number of esters is 1. The van der Waals surface area contributed by atoms with E-state index in [1.165, 1.54) is 0 Å². The van der Waals surface area contributed by atoms with Crippen LogP contribution in [0.1, 0.15) is 32.4 Å². The van der Waals surface area contributed by atoms with Gasteiger partial charge in [-0.3, -0.25) is 0 Å². The maximum absolute atomic E-state index is 12.5. The van der Waals surface area contributed by atoms with Crippen LogP contribution in [0.4, 0.5) is 17.6 Å². The lowest BCUT2D eigenvalue weighted by atomic mass is 10.2. The molecule has 0 amide bonds. The van der Waals surface area contributed by atoms with Crippen molar-refractivity contribution in [3.8, 4) is 5.75 Å². The number of para-hydroxylation sites is 1. The number of anilines is 3. The third-order valence-corrected chi connectivity index (χ3v) is 5.37. The number of carbonyl (C=O) groups is 1. The topological polar surface area (TPSA) is 125 Å². The molecule has 2 heterocycles. The number of hydrogen-bond donors (Lipinski definition) is 2. The maximum atomic E-state index is 12.5. The van der Waals surface area contributed by atoms with E-state index < -0.39 is 5.97 Å². The van der Waals surface area contributed by atoms with E-state index in [0.29, 0.717) is 17.9 Å². The fraction of sp³-hybridized carbons (Fsp3) is 0.174. The SMILES string of the molecule is Cc1nc(COc2cccc(C(=O)OCc3nc(N)nc(Nc4ccccc4C)n3)c2)cs1. The van der Waals surface area contributed by atoms with E-state index in [4.69, 9.17) is 15.2 Å². The minimum Gasteiger partial charge on any atom is -0.487 e. The van der Waals surface area contributed by atoms with Gasteiger partial charge in [-0.05, 0) is 43.7 Å². The number of nitrogens with two attached hydrogens (primary N) is 1. The molecule has 33 heavy (non-hydrogen) atoms. The second-order valence-corrected chi connectivity index (χ2v) is 8.19. The summed E-state index contributed by atoms with van der Waals surface area (Å²) in [7, 11) is 0. The zero-order chi connectivity index (χ0) is 23.2. The highest BCUT2D eigenvalue weighted by atomic mass is 32.1. The number of nitrogens with one attached hydrogen (secondary N) is 1. The van der Waals surface area contributed by atoms with E-state index in [1.54, 1.807) is 35.6 Å². The van der Waals surface area contributed by atoms with Gasteiger partial charge in [-0.25, -0.2) is 9.78 Å². The number of aryl methyl sites for hydroxylation is 2. The molecule has 168 valence electrons. The van der Waals surface area contributed by atoms with Crippen molar-refractivity contribution in [1.82, 2.24) is 19.9 Å². The number of ether oxygens (including phenoxy) is 2. The molecule has 2 aromatic heterocycles. The first-order chi connectivity index (χ1) is 16.0. The summed E-state index contributed by atoms with van der Waals surface area (Å²) in [4.78, 5) is 29.4. The minimum atomic E-state index is -0.530. The molecule has 0 atom stereocenters. The van der Waals surface area contributed by atoms with Crippen LogP contribution in [-0.4, -0.2) is 25.9 Å². The Bertz CT molecular complexity index is 1280. The highest BCUT2D eigenvalue weighted by Crippen LogP contribution is 2.19. The Labute approximate surface area is 194 Å². The summed E-state index contributed by atoms with van der Waals surface area (Å²) >= 11 is 1.56. The first-order valence-corrected chi connectivity index (χ1v) is 11.0. The fourth-order valence-electron chi connectivity index (χ4n) is 2.95. The molecule has 0 unspecified atom stereocenters. The van der Waals surface area contributed by atoms with Gasteiger partial charge in [0, 0.05) is 11.1 Å². The van der Waals surface area contributed by atoms with Crippen LogP contribution in [0, 0.1) is 13.8 Å². The largest absolute Gasteiger partial charge is 0.487 e. The molecule has 0 aliphatic heterocycles. The van der Waals surface area contributed by atoms with Crippen LogP contribution >= 0.6 is 11.3 Å². The molecule has 0 fully saturated rings. The molecule has 0 radical (unpaired) electrons. The number of hydrogen-bond acceptors (Lipinski definition) is 10. The molecular formula is C23H22N6O3S. The number of carbonyl (C=O) groups excluding carboxylic acids is 1. The fourth-order valence-corrected chi connectivity index (χ4v) is 3.55. The van der Waals surface area contributed by atoms with Gasteiger partial charge in [0.25, 0.3) is 0 Å². The van der Waals surface area contributed by atoms with Crippen molar-refractivity contribution in [3.63, 3.8) is 0 Å². The van der Waals surface area contributed by atoms with Gasteiger partial charge in [-0.15, -0.1) is 11.3 Å². The molecule has 0 aliphatic rings. The van der Waals surface area contributed by atoms with Gasteiger partial charge in [0.1, 0.15) is 12.4 Å². The van der Waals surface area contributed by atoms with Crippen LogP contribution in [0.15, 0.2) is 53.9 Å². The number of rotatable bonds is 8. The Morgan fingerprint density at radius 2 is 1.88 bits per heavy atom. The van der Waals surface area contributed by atoms with Crippen LogP contribution in [0.5, 0.6) is 5.75 Å². The van der Waals surface area contributed by atoms with Gasteiger partial charge in [-0.1, -0.05) is 24.3 Å². The van der Waals surface area contributed by atoms with E-state index in [2.05, 4.69) is 25.3 Å². The molecule has 10 heteroatoms. The van der Waals surface area contributed by atoms with Gasteiger partial charge in [0.05, 0.1) is 16.3 Å². The lowest BCUT2D eigenvalue weighted by Crippen LogP contribution is -2.11. The smallest absolute Gasteiger partial charge is 0.338 e. The van der Waals surface area contributed by atoms with E-state index in [-0.39, 0.29) is 24.3 Å². The standard InChI is InChI=1S/C23H22N6O3S/c1-14-6-3-4-9-19(14)26-23-28-20(27-22(24)29-23)12-32-21(30)16-7-5-8-18(10-16)31-11-17-13-33-15(2)25-17/h3-10,13H,11-12H2,1-2H3,(H3,24,26,27,28,29). The van der Waals surface area contributed by atoms with Crippen LogP contribution < -0.4 is 15.8 Å². The van der Waals surface area contributed by atoms with Crippen molar-refractivity contribution < 1.29 is 14.3 Å². The predicted octanol–water partition coefficient (Wildman–Crippen LogP) is 4.21. The van der Waals surface area contributed by atoms with Crippen molar-refractivity contribution in [2.75, 3.05) is 11.1 Å². The molecule has 3 N–H and O–H groups in total. The second kappa shape index (κ2) is 10.0. The second-order valence-electron chi connectivity index (χ2n) is 7.12. The van der Waals surface area contributed by atoms with Crippen molar-refractivity contribution in [2.24, 2.45) is 0 Å². The maximum Gasteiger partial charge on any atom is 0.338 e. The first kappa shape index (κ1) is 22.2. The van der Waals surface area contributed by atoms with Crippen LogP contribution in [0.3, 0.4) is 0 Å². The highest BCUT2D eigenvalue weighted by molar-refractivity contribution is 7.09. The van der Waals surface area contributed by atoms with Crippen molar-refractivity contribution in [3.05, 3.63) is 81.6 Å². The number of benzene rings is 2. The minimum absolute atomic E-state index is 0.0276. The van der Waals surface area contributed by atoms with Gasteiger partial charge in [-0.2, -0.15) is 15.0 Å². The Morgan fingerprint density at radius 3 is 2.67 bits per heavy atom. The Kier molecular flexibility index (Phi) is 6.75. The average Bonchev–Trinajstić information content (AvgIpc) is 3.22. The van der Waals surface area contributed by atoms with Crippen molar-refractivity contribution in [2.45, 2.75) is 27.1 Å². The molecule has 9 nitrogen and oxygen atoms in total. The lowest BCUT2D eigenvalue weighted by Gasteiger charge is -2.10. The quantitative estimate of drug-likeness (QED) is 0.370. The summed E-state index contributed by atoms with van der Waals surface area (Å²) in [6.45, 7) is 4.07. The Hall–Kier alpha value is -4.05. The Morgan fingerprint density at radius 1 is 1.03 bits per heavy atom. The zero-order valence-corrected chi connectivity index (χ0v) is 18.9. The average molecular weight is 463 g/mol. The molecule has 4 aromatic rings. The predicted molar refractivity (Wildman–Crippen MR) is 125 cm³/mol. The molecule has 4 rings (SSSR count). The zero-order valence-electron chi connectivity index (χ0n) is 18.1. The Balaban J connectivity index is 1.38. The number of aromatic nitrogens is 4. The third-order valence-electron chi connectivity index (χ3n) is 4.55. The first-order valence-electron chi connectivity index (χ1n) is 10.1. The lowest BCUT2D eigenvalue weighted by molar-refractivity contribution is 0.0461.